The van der Waals surface area contributed by atoms with Crippen LogP contribution in [0.4, 0.5) is 0 Å². The Balaban J connectivity index is 2.35. The molecule has 46 valence electrons. The zero-order valence-corrected chi connectivity index (χ0v) is 6.23. The number of hydrogen-bond donors (Lipinski definition) is 1. The van der Waals surface area contributed by atoms with Crippen LogP contribution in [0.25, 0.3) is 0 Å². The summed E-state index contributed by atoms with van der Waals surface area (Å²) in [7, 11) is 0. The fraction of sp³-hybridized carbons (Fsp3) is 0.600. The number of thioether (sulfide) groups is 2. The normalized spacial score (nSPS) is 21.5. The molecule has 0 spiro atoms. The summed E-state index contributed by atoms with van der Waals surface area (Å²) in [6.07, 6.45) is 0. The molecule has 0 amide bonds. The quantitative estimate of drug-likeness (QED) is 0.605. The second kappa shape index (κ2) is 2.69. The van der Waals surface area contributed by atoms with E-state index in [1.54, 1.807) is 0 Å². The van der Waals surface area contributed by atoms with Crippen molar-refractivity contribution in [3.8, 4) is 0 Å². The Morgan fingerprint density at radius 1 is 1.50 bits per heavy atom. The number of nitrogens with two attached hydrogens (primary N) is 1. The van der Waals surface area contributed by atoms with Gasteiger partial charge in [-0.15, -0.1) is 23.5 Å². The third-order valence-electron chi connectivity index (χ3n) is 0.925. The van der Waals surface area contributed by atoms with E-state index >= 15 is 0 Å². The van der Waals surface area contributed by atoms with Crippen LogP contribution in [0.15, 0.2) is 12.3 Å². The van der Waals surface area contributed by atoms with Crippen molar-refractivity contribution in [3.05, 3.63) is 12.3 Å². The van der Waals surface area contributed by atoms with Crippen LogP contribution in [0.2, 0.25) is 0 Å². The molecule has 8 heavy (non-hydrogen) atoms. The molecule has 2 N–H and O–H groups in total. The minimum absolute atomic E-state index is 0.481. The molecule has 1 aliphatic rings. The lowest BCUT2D eigenvalue weighted by Crippen LogP contribution is -2.05. The zero-order chi connectivity index (χ0) is 5.98. The molecule has 1 rings (SSSR count). The third kappa shape index (κ3) is 1.36. The van der Waals surface area contributed by atoms with E-state index in [-0.39, 0.29) is 0 Å². The van der Waals surface area contributed by atoms with Crippen molar-refractivity contribution in [3.63, 3.8) is 0 Å². The molecule has 0 aliphatic carbocycles. The van der Waals surface area contributed by atoms with Crippen LogP contribution in [0.3, 0.4) is 0 Å². The lowest BCUT2D eigenvalue weighted by Gasteiger charge is -2.03. The van der Waals surface area contributed by atoms with Gasteiger partial charge < -0.3 is 5.73 Å². The molecule has 0 aromatic heterocycles. The highest BCUT2D eigenvalue weighted by Gasteiger charge is 2.16. The molecule has 0 atom stereocenters. The topological polar surface area (TPSA) is 26.0 Å². The predicted molar refractivity (Wildman–Crippen MR) is 42.0 cm³/mol. The summed E-state index contributed by atoms with van der Waals surface area (Å²) in [5.74, 6) is 2.46. The number of hydrogen-bond acceptors (Lipinski definition) is 3. The summed E-state index contributed by atoms with van der Waals surface area (Å²) in [6.45, 7) is 3.67. The highest BCUT2D eigenvalue weighted by atomic mass is 32.2. The van der Waals surface area contributed by atoms with Crippen molar-refractivity contribution >= 4 is 23.5 Å². The molecular weight excluding hydrogens is 138 g/mol. The largest absolute Gasteiger partial charge is 0.401 e. The first-order valence-corrected chi connectivity index (χ1v) is 4.58. The average Bonchev–Trinajstić information content (AvgIpc) is 2.12. The second-order valence-electron chi connectivity index (χ2n) is 1.65. The lowest BCUT2D eigenvalue weighted by molar-refractivity contribution is 1.31. The van der Waals surface area contributed by atoms with E-state index in [1.165, 1.54) is 11.5 Å². The Morgan fingerprint density at radius 3 is 2.25 bits per heavy atom. The van der Waals surface area contributed by atoms with E-state index in [0.717, 1.165) is 5.70 Å². The zero-order valence-electron chi connectivity index (χ0n) is 4.59. The first kappa shape index (κ1) is 6.36. The molecule has 0 unspecified atom stereocenters. The van der Waals surface area contributed by atoms with Crippen molar-refractivity contribution in [1.29, 1.82) is 0 Å². The van der Waals surface area contributed by atoms with Crippen LogP contribution in [0, 0.1) is 0 Å². The Kier molecular flexibility index (Phi) is 2.14. The molecule has 0 aromatic rings. The van der Waals surface area contributed by atoms with Gasteiger partial charge in [-0.3, -0.25) is 0 Å². The summed E-state index contributed by atoms with van der Waals surface area (Å²) in [5.41, 5.74) is 6.28. The van der Waals surface area contributed by atoms with E-state index in [4.69, 9.17) is 5.73 Å². The summed E-state index contributed by atoms with van der Waals surface area (Å²) >= 11 is 3.78. The highest BCUT2D eigenvalue weighted by Crippen LogP contribution is 2.34. The van der Waals surface area contributed by atoms with Gasteiger partial charge in [-0.1, -0.05) is 6.58 Å². The molecule has 0 saturated carbocycles. The molecule has 1 aliphatic heterocycles. The van der Waals surface area contributed by atoms with Crippen LogP contribution < -0.4 is 5.73 Å². The first-order valence-electron chi connectivity index (χ1n) is 2.48. The molecule has 3 heteroatoms. The molecule has 1 fully saturated rings. The van der Waals surface area contributed by atoms with E-state index < -0.39 is 0 Å². The molecule has 1 heterocycles. The monoisotopic (exact) mass is 147 g/mol. The summed E-state index contributed by atoms with van der Waals surface area (Å²) in [5, 5.41) is 0. The van der Waals surface area contributed by atoms with Gasteiger partial charge in [0.25, 0.3) is 0 Å². The van der Waals surface area contributed by atoms with Gasteiger partial charge in [0.05, 0.1) is 4.58 Å². The maximum atomic E-state index is 5.46. The Morgan fingerprint density at radius 2 is 2.00 bits per heavy atom. The molecule has 0 radical (unpaired) electrons. The van der Waals surface area contributed by atoms with Crippen molar-refractivity contribution < 1.29 is 0 Å². The van der Waals surface area contributed by atoms with Gasteiger partial charge in [0.1, 0.15) is 0 Å². The smallest absolute Gasteiger partial charge is 0.0889 e. The van der Waals surface area contributed by atoms with Gasteiger partial charge in [-0.2, -0.15) is 0 Å². The van der Waals surface area contributed by atoms with Gasteiger partial charge in [-0.25, -0.2) is 0 Å². The van der Waals surface area contributed by atoms with Crippen molar-refractivity contribution in [2.24, 2.45) is 5.73 Å². The van der Waals surface area contributed by atoms with Crippen LogP contribution in [-0.4, -0.2) is 16.1 Å². The van der Waals surface area contributed by atoms with Crippen LogP contribution in [-0.2, 0) is 0 Å². The third-order valence-corrected chi connectivity index (χ3v) is 4.09. The van der Waals surface area contributed by atoms with Gasteiger partial charge in [0.2, 0.25) is 0 Å². The number of rotatable bonds is 1. The van der Waals surface area contributed by atoms with E-state index in [0.29, 0.717) is 4.58 Å². The SMILES string of the molecule is C=C(N)C1SCCS1. The fourth-order valence-corrected chi connectivity index (χ4v) is 3.16. The predicted octanol–water partition coefficient (Wildman–Crippen LogP) is 1.26. The lowest BCUT2D eigenvalue weighted by atomic mass is 10.6. The van der Waals surface area contributed by atoms with Gasteiger partial charge in [-0.05, 0) is 0 Å². The van der Waals surface area contributed by atoms with E-state index in [1.807, 2.05) is 23.5 Å². The van der Waals surface area contributed by atoms with Crippen molar-refractivity contribution in [2.75, 3.05) is 11.5 Å². The summed E-state index contributed by atoms with van der Waals surface area (Å²) in [4.78, 5) is 0. The maximum absolute atomic E-state index is 5.46. The van der Waals surface area contributed by atoms with Crippen LogP contribution >= 0.6 is 23.5 Å². The van der Waals surface area contributed by atoms with Gasteiger partial charge in [0.15, 0.2) is 0 Å². The Bertz CT molecular complexity index is 96.6. The maximum Gasteiger partial charge on any atom is 0.0889 e. The van der Waals surface area contributed by atoms with Crippen LogP contribution in [0.5, 0.6) is 0 Å². The second-order valence-corrected chi connectivity index (χ2v) is 4.37. The first-order chi connectivity index (χ1) is 3.80. The Hall–Kier alpha value is 0.240. The standard InChI is InChI=1S/C5H9NS2/c1-4(6)5-7-2-3-8-5/h5H,1-3,6H2. The van der Waals surface area contributed by atoms with Gasteiger partial charge >= 0.3 is 0 Å². The molecule has 1 nitrogen and oxygen atoms in total. The average molecular weight is 147 g/mol. The Labute approximate surface area is 58.1 Å². The summed E-state index contributed by atoms with van der Waals surface area (Å²) < 4.78 is 0.481. The fourth-order valence-electron chi connectivity index (χ4n) is 0.572. The van der Waals surface area contributed by atoms with E-state index in [2.05, 4.69) is 6.58 Å². The minimum atomic E-state index is 0.481. The van der Waals surface area contributed by atoms with Crippen LogP contribution in [0.1, 0.15) is 0 Å². The van der Waals surface area contributed by atoms with Gasteiger partial charge in [0, 0.05) is 17.2 Å². The molecule has 0 aromatic carbocycles. The molecule has 1 saturated heterocycles. The van der Waals surface area contributed by atoms with Crippen molar-refractivity contribution in [1.82, 2.24) is 0 Å². The molecule has 0 bridgehead atoms. The highest BCUT2D eigenvalue weighted by molar-refractivity contribution is 8.20. The van der Waals surface area contributed by atoms with Crippen molar-refractivity contribution in [2.45, 2.75) is 4.58 Å². The minimum Gasteiger partial charge on any atom is -0.401 e. The van der Waals surface area contributed by atoms with E-state index in [9.17, 15) is 0 Å². The summed E-state index contributed by atoms with van der Waals surface area (Å²) in [6, 6.07) is 0. The molecular formula is C5H9NS2.